The maximum Gasteiger partial charge on any atom is 0.0144 e. The van der Waals surface area contributed by atoms with Crippen LogP contribution in [0.4, 0.5) is 0 Å². The molecule has 0 saturated carbocycles. The Hall–Kier alpha value is -0.980. The molecule has 0 aromatic rings. The predicted octanol–water partition coefficient (Wildman–Crippen LogP) is 4.58. The Bertz CT molecular complexity index is 318. The molecule has 0 bridgehead atoms. The number of hydrogen-bond donors (Lipinski definition) is 1. The van der Waals surface area contributed by atoms with E-state index in [1.54, 1.807) is 0 Å². The van der Waals surface area contributed by atoms with Gasteiger partial charge in [0.15, 0.2) is 0 Å². The first-order valence-corrected chi connectivity index (χ1v) is 6.88. The summed E-state index contributed by atoms with van der Waals surface area (Å²) in [6, 6.07) is 0. The van der Waals surface area contributed by atoms with Crippen molar-refractivity contribution in [1.82, 2.24) is 5.32 Å². The van der Waals surface area contributed by atoms with Crippen LogP contribution < -0.4 is 5.32 Å². The molecule has 0 fully saturated rings. The maximum atomic E-state index is 3.62. The largest absolute Gasteiger partial charge is 0.388 e. The van der Waals surface area contributed by atoms with Crippen molar-refractivity contribution in [2.45, 2.75) is 53.4 Å². The van der Waals surface area contributed by atoms with Gasteiger partial charge in [0.1, 0.15) is 0 Å². The topological polar surface area (TPSA) is 12.0 Å². The lowest BCUT2D eigenvalue weighted by Gasteiger charge is -2.26. The van der Waals surface area contributed by atoms with Crippen LogP contribution in [0, 0.1) is 5.41 Å². The van der Waals surface area contributed by atoms with Crippen molar-refractivity contribution in [3.8, 4) is 0 Å². The lowest BCUT2D eigenvalue weighted by atomic mass is 9.79. The Labute approximate surface area is 107 Å². The molecule has 0 radical (unpaired) electrons. The van der Waals surface area contributed by atoms with Crippen molar-refractivity contribution < 1.29 is 0 Å². The van der Waals surface area contributed by atoms with Gasteiger partial charge < -0.3 is 5.32 Å². The Morgan fingerprint density at radius 1 is 1.29 bits per heavy atom. The van der Waals surface area contributed by atoms with Gasteiger partial charge in [-0.2, -0.15) is 0 Å². The zero-order chi connectivity index (χ0) is 12.7. The average molecular weight is 233 g/mol. The third kappa shape index (κ3) is 4.07. The molecule has 1 aliphatic heterocycles. The van der Waals surface area contributed by atoms with Gasteiger partial charge in [-0.15, -0.1) is 0 Å². The van der Waals surface area contributed by atoms with Gasteiger partial charge in [-0.3, -0.25) is 0 Å². The molecule has 1 rings (SSSR count). The van der Waals surface area contributed by atoms with E-state index in [-0.39, 0.29) is 0 Å². The normalized spacial score (nSPS) is 20.9. The van der Waals surface area contributed by atoms with Crippen molar-refractivity contribution in [1.29, 1.82) is 0 Å². The fraction of sp³-hybridized carbons (Fsp3) is 0.625. The molecule has 17 heavy (non-hydrogen) atoms. The number of hydrogen-bond acceptors (Lipinski definition) is 1. The van der Waals surface area contributed by atoms with Crippen molar-refractivity contribution in [3.05, 3.63) is 35.6 Å². The first-order valence-electron chi connectivity index (χ1n) is 6.88. The Morgan fingerprint density at radius 2 is 2.06 bits per heavy atom. The summed E-state index contributed by atoms with van der Waals surface area (Å²) in [4.78, 5) is 0. The standard InChI is InChI=1S/C16H27N/c1-5-7-8-11-14-15(10-6-2)17-13-9-12-16(14,3)4/h5,7-8,11,17H,6,9-10,12-13H2,1-4H3/b7-5-,11-8-. The first kappa shape index (κ1) is 14.1. The Morgan fingerprint density at radius 3 is 2.71 bits per heavy atom. The summed E-state index contributed by atoms with van der Waals surface area (Å²) in [7, 11) is 0. The van der Waals surface area contributed by atoms with Crippen LogP contribution >= 0.6 is 0 Å². The van der Waals surface area contributed by atoms with Gasteiger partial charge in [0, 0.05) is 12.2 Å². The average Bonchev–Trinajstić information content (AvgIpc) is 2.41. The molecule has 0 amide bonds. The molecule has 1 nitrogen and oxygen atoms in total. The second-order valence-corrected chi connectivity index (χ2v) is 5.44. The molecule has 0 unspecified atom stereocenters. The van der Waals surface area contributed by atoms with Crippen LogP contribution in [0.25, 0.3) is 0 Å². The van der Waals surface area contributed by atoms with Gasteiger partial charge in [0.25, 0.3) is 0 Å². The first-order chi connectivity index (χ1) is 8.11. The highest BCUT2D eigenvalue weighted by Gasteiger charge is 2.26. The summed E-state index contributed by atoms with van der Waals surface area (Å²) in [6.07, 6.45) is 13.6. The van der Waals surface area contributed by atoms with E-state index in [1.165, 1.54) is 37.0 Å². The smallest absolute Gasteiger partial charge is 0.0144 e. The second-order valence-electron chi connectivity index (χ2n) is 5.44. The van der Waals surface area contributed by atoms with Crippen molar-refractivity contribution in [3.63, 3.8) is 0 Å². The van der Waals surface area contributed by atoms with Crippen LogP contribution in [0.2, 0.25) is 0 Å². The Balaban J connectivity index is 3.04. The minimum Gasteiger partial charge on any atom is -0.388 e. The third-order valence-corrected chi connectivity index (χ3v) is 3.44. The summed E-state index contributed by atoms with van der Waals surface area (Å²) in [6.45, 7) is 10.2. The monoisotopic (exact) mass is 233 g/mol. The van der Waals surface area contributed by atoms with Crippen LogP contribution in [-0.2, 0) is 0 Å². The highest BCUT2D eigenvalue weighted by Crippen LogP contribution is 2.36. The van der Waals surface area contributed by atoms with Crippen LogP contribution in [0.5, 0.6) is 0 Å². The number of allylic oxidation sites excluding steroid dienone is 6. The highest BCUT2D eigenvalue weighted by molar-refractivity contribution is 5.33. The molecule has 0 saturated heterocycles. The van der Waals surface area contributed by atoms with E-state index in [9.17, 15) is 0 Å². The van der Waals surface area contributed by atoms with Crippen molar-refractivity contribution in [2.24, 2.45) is 5.41 Å². The zero-order valence-corrected chi connectivity index (χ0v) is 11.8. The van der Waals surface area contributed by atoms with E-state index < -0.39 is 0 Å². The van der Waals surface area contributed by atoms with Gasteiger partial charge in [0.05, 0.1) is 0 Å². The summed E-state index contributed by atoms with van der Waals surface area (Å²) in [5.41, 5.74) is 3.25. The maximum absolute atomic E-state index is 3.62. The lowest BCUT2D eigenvalue weighted by Crippen LogP contribution is -2.17. The summed E-state index contributed by atoms with van der Waals surface area (Å²) in [5.74, 6) is 0. The quantitative estimate of drug-likeness (QED) is 0.701. The number of rotatable bonds is 4. The van der Waals surface area contributed by atoms with Crippen LogP contribution in [0.3, 0.4) is 0 Å². The molecule has 1 aliphatic rings. The van der Waals surface area contributed by atoms with Crippen LogP contribution in [0.1, 0.15) is 53.4 Å². The van der Waals surface area contributed by atoms with Gasteiger partial charge >= 0.3 is 0 Å². The van der Waals surface area contributed by atoms with Gasteiger partial charge in [-0.05, 0) is 37.2 Å². The lowest BCUT2D eigenvalue weighted by molar-refractivity contribution is 0.412. The minimum atomic E-state index is 0.298. The third-order valence-electron chi connectivity index (χ3n) is 3.44. The predicted molar refractivity (Wildman–Crippen MR) is 76.9 cm³/mol. The van der Waals surface area contributed by atoms with Crippen molar-refractivity contribution in [2.75, 3.05) is 6.54 Å². The molecule has 96 valence electrons. The van der Waals surface area contributed by atoms with E-state index >= 15 is 0 Å². The van der Waals surface area contributed by atoms with Crippen LogP contribution in [0.15, 0.2) is 35.6 Å². The van der Waals surface area contributed by atoms with E-state index in [2.05, 4.69) is 57.3 Å². The van der Waals surface area contributed by atoms with Gasteiger partial charge in [-0.25, -0.2) is 0 Å². The van der Waals surface area contributed by atoms with E-state index in [0.717, 1.165) is 6.54 Å². The molecule has 0 spiro atoms. The highest BCUT2D eigenvalue weighted by atomic mass is 14.9. The van der Waals surface area contributed by atoms with E-state index in [1.807, 2.05) is 0 Å². The molecular formula is C16H27N. The molecule has 1 heteroatoms. The number of nitrogens with one attached hydrogen (secondary N) is 1. The second kappa shape index (κ2) is 6.68. The molecule has 0 aliphatic carbocycles. The van der Waals surface area contributed by atoms with Gasteiger partial charge in [0.2, 0.25) is 0 Å². The minimum absolute atomic E-state index is 0.298. The molecule has 0 atom stereocenters. The molecule has 0 aromatic carbocycles. The van der Waals surface area contributed by atoms with E-state index in [4.69, 9.17) is 0 Å². The zero-order valence-electron chi connectivity index (χ0n) is 11.8. The Kier molecular flexibility index (Phi) is 5.54. The summed E-state index contributed by atoms with van der Waals surface area (Å²) < 4.78 is 0. The van der Waals surface area contributed by atoms with Crippen LogP contribution in [-0.4, -0.2) is 6.54 Å². The summed E-state index contributed by atoms with van der Waals surface area (Å²) >= 11 is 0. The van der Waals surface area contributed by atoms with Gasteiger partial charge in [-0.1, -0.05) is 51.5 Å². The molecule has 1 N–H and O–H groups in total. The molecule has 1 heterocycles. The van der Waals surface area contributed by atoms with E-state index in [0.29, 0.717) is 5.41 Å². The SMILES string of the molecule is C/C=C\C=C/C1=C(CCC)NCCCC1(C)C. The van der Waals surface area contributed by atoms with Crippen molar-refractivity contribution >= 4 is 0 Å². The fourth-order valence-electron chi connectivity index (χ4n) is 2.47. The fourth-order valence-corrected chi connectivity index (χ4v) is 2.47. The summed E-state index contributed by atoms with van der Waals surface area (Å²) in [5, 5.41) is 3.62. The molecule has 0 aromatic heterocycles. The molecular weight excluding hydrogens is 206 g/mol.